The average Bonchev–Trinajstić information content (AvgIpc) is 2.39. The molecule has 1 unspecified atom stereocenters. The lowest BCUT2D eigenvalue weighted by molar-refractivity contribution is -0.111. The van der Waals surface area contributed by atoms with Gasteiger partial charge < -0.3 is 19.5 Å². The number of ether oxygens (including phenoxy) is 1. The van der Waals surface area contributed by atoms with Gasteiger partial charge >= 0.3 is 0 Å². The smallest absolute Gasteiger partial charge is 0.152 e. The molecule has 0 aromatic heterocycles. The van der Waals surface area contributed by atoms with Gasteiger partial charge in [0.25, 0.3) is 0 Å². The maximum Gasteiger partial charge on any atom is 0.152 e. The summed E-state index contributed by atoms with van der Waals surface area (Å²) in [6, 6.07) is 4.33. The second-order valence-electron chi connectivity index (χ2n) is 3.88. The third-order valence-electron chi connectivity index (χ3n) is 2.86. The molecule has 92 valence electrons. The van der Waals surface area contributed by atoms with Gasteiger partial charge in [-0.2, -0.15) is 0 Å². The average molecular weight is 239 g/mol. The van der Waals surface area contributed by atoms with E-state index < -0.39 is 11.9 Å². The number of aldehydes is 1. The van der Waals surface area contributed by atoms with Gasteiger partial charge in [-0.05, 0) is 6.07 Å². The van der Waals surface area contributed by atoms with Gasteiger partial charge in [-0.25, -0.2) is 4.39 Å². The number of aliphatic hydroxyl groups is 1. The van der Waals surface area contributed by atoms with E-state index in [1.807, 2.05) is 0 Å². The van der Waals surface area contributed by atoms with Crippen LogP contribution in [0.1, 0.15) is 5.56 Å². The minimum Gasteiger partial charge on any atom is -0.392 e. The standard InChI is InChI=1S/C12H14FNO3/c13-12-9(6-15)2-1-3-11(12)14-4-5-17-8-10(14)7-16/h1-3,7,10,15H,4-6,8H2. The number of carbonyl (C=O) groups is 1. The highest BCUT2D eigenvalue weighted by Crippen LogP contribution is 2.25. The molecule has 1 aromatic carbocycles. The SMILES string of the molecule is O=CC1COCCN1c1cccc(CO)c1F. The highest BCUT2D eigenvalue weighted by atomic mass is 19.1. The van der Waals surface area contributed by atoms with E-state index in [1.54, 1.807) is 17.0 Å². The van der Waals surface area contributed by atoms with Crippen molar-refractivity contribution in [3.63, 3.8) is 0 Å². The summed E-state index contributed by atoms with van der Waals surface area (Å²) in [5.74, 6) is -0.469. The van der Waals surface area contributed by atoms with Crippen molar-refractivity contribution in [3.8, 4) is 0 Å². The Morgan fingerprint density at radius 1 is 1.59 bits per heavy atom. The lowest BCUT2D eigenvalue weighted by Gasteiger charge is -2.34. The number of anilines is 1. The zero-order valence-electron chi connectivity index (χ0n) is 9.30. The molecule has 5 heteroatoms. The van der Waals surface area contributed by atoms with Crippen LogP contribution in [0.5, 0.6) is 0 Å². The van der Waals surface area contributed by atoms with E-state index in [9.17, 15) is 9.18 Å². The summed E-state index contributed by atoms with van der Waals surface area (Å²) < 4.78 is 19.2. The third kappa shape index (κ3) is 2.30. The predicted molar refractivity (Wildman–Crippen MR) is 60.3 cm³/mol. The number of nitrogens with zero attached hydrogens (tertiary/aromatic N) is 1. The number of carbonyl (C=O) groups excluding carboxylic acids is 1. The fourth-order valence-electron chi connectivity index (χ4n) is 1.94. The van der Waals surface area contributed by atoms with Crippen LogP contribution >= 0.6 is 0 Å². The monoisotopic (exact) mass is 239 g/mol. The van der Waals surface area contributed by atoms with Gasteiger partial charge in [0.05, 0.1) is 25.5 Å². The molecule has 0 bridgehead atoms. The summed E-state index contributed by atoms with van der Waals surface area (Å²) in [5.41, 5.74) is 0.579. The van der Waals surface area contributed by atoms with Crippen LogP contribution in [-0.4, -0.2) is 37.2 Å². The Morgan fingerprint density at radius 3 is 3.12 bits per heavy atom. The largest absolute Gasteiger partial charge is 0.392 e. The first kappa shape index (κ1) is 12.0. The van der Waals surface area contributed by atoms with Crippen molar-refractivity contribution >= 4 is 12.0 Å². The quantitative estimate of drug-likeness (QED) is 0.790. The number of halogens is 1. The molecule has 0 aliphatic carbocycles. The van der Waals surface area contributed by atoms with E-state index in [0.29, 0.717) is 18.8 Å². The van der Waals surface area contributed by atoms with Gasteiger partial charge in [0, 0.05) is 12.1 Å². The van der Waals surface area contributed by atoms with Crippen LogP contribution in [0.4, 0.5) is 10.1 Å². The molecular formula is C12H14FNO3. The maximum absolute atomic E-state index is 14.0. The van der Waals surface area contributed by atoms with Crippen molar-refractivity contribution in [2.75, 3.05) is 24.7 Å². The molecule has 1 aliphatic rings. The Morgan fingerprint density at radius 2 is 2.41 bits per heavy atom. The van der Waals surface area contributed by atoms with E-state index in [-0.39, 0.29) is 18.8 Å². The van der Waals surface area contributed by atoms with Crippen LogP contribution in [0, 0.1) is 5.82 Å². The molecule has 0 amide bonds. The van der Waals surface area contributed by atoms with Crippen LogP contribution in [0.15, 0.2) is 18.2 Å². The Labute approximate surface area is 98.6 Å². The number of aliphatic hydroxyl groups excluding tert-OH is 1. The Bertz CT molecular complexity index is 411. The fourth-order valence-corrected chi connectivity index (χ4v) is 1.94. The van der Waals surface area contributed by atoms with Crippen molar-refractivity contribution in [3.05, 3.63) is 29.6 Å². The molecule has 1 aliphatic heterocycles. The van der Waals surface area contributed by atoms with Crippen molar-refractivity contribution in [2.24, 2.45) is 0 Å². The second-order valence-corrected chi connectivity index (χ2v) is 3.88. The maximum atomic E-state index is 14.0. The van der Waals surface area contributed by atoms with Crippen LogP contribution in [0.3, 0.4) is 0 Å². The molecule has 1 N–H and O–H groups in total. The molecule has 0 spiro atoms. The van der Waals surface area contributed by atoms with E-state index in [0.717, 1.165) is 6.29 Å². The van der Waals surface area contributed by atoms with Crippen molar-refractivity contribution in [2.45, 2.75) is 12.6 Å². The molecule has 17 heavy (non-hydrogen) atoms. The molecule has 1 saturated heterocycles. The molecule has 4 nitrogen and oxygen atoms in total. The molecule has 1 fully saturated rings. The Hall–Kier alpha value is -1.46. The minimum atomic E-state index is -0.469. The van der Waals surface area contributed by atoms with Gasteiger partial charge in [-0.15, -0.1) is 0 Å². The first-order chi connectivity index (χ1) is 8.27. The van der Waals surface area contributed by atoms with E-state index in [1.165, 1.54) is 6.07 Å². The summed E-state index contributed by atoms with van der Waals surface area (Å²) in [7, 11) is 0. The van der Waals surface area contributed by atoms with Crippen LogP contribution < -0.4 is 4.90 Å². The predicted octanol–water partition coefficient (Wildman–Crippen LogP) is 0.722. The van der Waals surface area contributed by atoms with Crippen molar-refractivity contribution < 1.29 is 19.0 Å². The molecule has 0 radical (unpaired) electrons. The number of morpholine rings is 1. The van der Waals surface area contributed by atoms with Crippen LogP contribution in [0.2, 0.25) is 0 Å². The topological polar surface area (TPSA) is 49.8 Å². The molecule has 1 heterocycles. The number of hydrogen-bond acceptors (Lipinski definition) is 4. The van der Waals surface area contributed by atoms with Crippen LogP contribution in [-0.2, 0) is 16.1 Å². The van der Waals surface area contributed by atoms with Crippen LogP contribution in [0.25, 0.3) is 0 Å². The molecule has 2 rings (SSSR count). The number of benzene rings is 1. The van der Waals surface area contributed by atoms with Gasteiger partial charge in [-0.3, -0.25) is 0 Å². The van der Waals surface area contributed by atoms with E-state index >= 15 is 0 Å². The highest BCUT2D eigenvalue weighted by Gasteiger charge is 2.25. The summed E-state index contributed by atoms with van der Waals surface area (Å²) in [5, 5.41) is 9.01. The first-order valence-corrected chi connectivity index (χ1v) is 5.46. The molecule has 1 aromatic rings. The summed E-state index contributed by atoms with van der Waals surface area (Å²) in [4.78, 5) is 12.6. The molecule has 1 atom stereocenters. The lowest BCUT2D eigenvalue weighted by Crippen LogP contribution is -2.47. The minimum absolute atomic E-state index is 0.235. The highest BCUT2D eigenvalue weighted by molar-refractivity contribution is 5.67. The summed E-state index contributed by atoms with van der Waals surface area (Å²) in [6.07, 6.45) is 0.754. The van der Waals surface area contributed by atoms with E-state index in [2.05, 4.69) is 0 Å². The molecule has 0 saturated carbocycles. The fraction of sp³-hybridized carbons (Fsp3) is 0.417. The third-order valence-corrected chi connectivity index (χ3v) is 2.86. The summed E-state index contributed by atoms with van der Waals surface area (Å²) in [6.45, 7) is 0.852. The second kappa shape index (κ2) is 5.25. The van der Waals surface area contributed by atoms with Gasteiger partial charge in [0.15, 0.2) is 5.82 Å². The van der Waals surface area contributed by atoms with Gasteiger partial charge in [0.1, 0.15) is 12.3 Å². The molecular weight excluding hydrogens is 225 g/mol. The zero-order valence-corrected chi connectivity index (χ0v) is 9.30. The number of rotatable bonds is 3. The van der Waals surface area contributed by atoms with Crippen molar-refractivity contribution in [1.29, 1.82) is 0 Å². The van der Waals surface area contributed by atoms with Gasteiger partial charge in [0.2, 0.25) is 0 Å². The zero-order chi connectivity index (χ0) is 12.3. The van der Waals surface area contributed by atoms with Crippen molar-refractivity contribution in [1.82, 2.24) is 0 Å². The Balaban J connectivity index is 2.34. The van der Waals surface area contributed by atoms with E-state index in [4.69, 9.17) is 9.84 Å². The Kier molecular flexibility index (Phi) is 3.71. The first-order valence-electron chi connectivity index (χ1n) is 5.46. The normalized spacial score (nSPS) is 20.4. The van der Waals surface area contributed by atoms with Gasteiger partial charge in [-0.1, -0.05) is 12.1 Å². The number of hydrogen-bond donors (Lipinski definition) is 1. The summed E-state index contributed by atoms with van der Waals surface area (Å²) >= 11 is 0. The lowest BCUT2D eigenvalue weighted by atomic mass is 10.1.